The number of methoxy groups -OCH3 is 2. The molecule has 0 aromatic heterocycles. The summed E-state index contributed by atoms with van der Waals surface area (Å²) in [6, 6.07) is 0. The molecular weight excluding hydrogens is 260 g/mol. The van der Waals surface area contributed by atoms with Gasteiger partial charge in [-0.3, -0.25) is 9.59 Å². The van der Waals surface area contributed by atoms with Crippen molar-refractivity contribution in [3.63, 3.8) is 0 Å². The fourth-order valence-electron chi connectivity index (χ4n) is 0.982. The smallest absolute Gasteiger partial charge is 0.306 e. The third-order valence-electron chi connectivity index (χ3n) is 1.93. The third kappa shape index (κ3) is 11.9. The lowest BCUT2D eigenvalue weighted by Gasteiger charge is -2.02. The number of hydrogen-bond acceptors (Lipinski definition) is 6. The van der Waals surface area contributed by atoms with Crippen LogP contribution in [0.4, 0.5) is 0 Å². The van der Waals surface area contributed by atoms with Crippen molar-refractivity contribution in [2.45, 2.75) is 19.3 Å². The standard InChI is InChI=1S/C11H20O4S2/c1-14-10(12)4-8-16-6-3-7-17-9-5-11(13)15-2/h3-9H2,1-2H3. The van der Waals surface area contributed by atoms with E-state index in [2.05, 4.69) is 9.47 Å². The first kappa shape index (κ1) is 16.6. The van der Waals surface area contributed by atoms with Gasteiger partial charge in [0.25, 0.3) is 0 Å². The Kier molecular flexibility index (Phi) is 11.8. The monoisotopic (exact) mass is 280 g/mol. The molecule has 0 radical (unpaired) electrons. The van der Waals surface area contributed by atoms with Gasteiger partial charge in [-0.25, -0.2) is 0 Å². The third-order valence-corrected chi connectivity index (χ3v) is 4.07. The molecule has 0 bridgehead atoms. The summed E-state index contributed by atoms with van der Waals surface area (Å²) in [6.07, 6.45) is 2.06. The van der Waals surface area contributed by atoms with Crippen molar-refractivity contribution in [2.24, 2.45) is 0 Å². The van der Waals surface area contributed by atoms with Crippen molar-refractivity contribution in [2.75, 3.05) is 37.2 Å². The van der Waals surface area contributed by atoms with Crippen LogP contribution in [-0.2, 0) is 19.1 Å². The van der Waals surface area contributed by atoms with Crippen molar-refractivity contribution >= 4 is 35.5 Å². The molecular formula is C11H20O4S2. The summed E-state index contributed by atoms with van der Waals surface area (Å²) >= 11 is 3.52. The van der Waals surface area contributed by atoms with E-state index in [-0.39, 0.29) is 11.9 Å². The Balaban J connectivity index is 3.08. The van der Waals surface area contributed by atoms with Crippen LogP contribution in [0.1, 0.15) is 19.3 Å². The Hall–Kier alpha value is -0.360. The summed E-state index contributed by atoms with van der Waals surface area (Å²) in [5.74, 6) is 3.43. The van der Waals surface area contributed by atoms with Gasteiger partial charge in [0.1, 0.15) is 0 Å². The van der Waals surface area contributed by atoms with Crippen molar-refractivity contribution < 1.29 is 19.1 Å². The first-order valence-corrected chi connectivity index (χ1v) is 7.80. The Morgan fingerprint density at radius 1 is 0.824 bits per heavy atom. The zero-order chi connectivity index (χ0) is 12.9. The fourth-order valence-corrected chi connectivity index (χ4v) is 2.89. The largest absolute Gasteiger partial charge is 0.469 e. The SMILES string of the molecule is COC(=O)CCSCCCSCCC(=O)OC. The zero-order valence-corrected chi connectivity index (χ0v) is 12.0. The lowest BCUT2D eigenvalue weighted by Crippen LogP contribution is -2.02. The van der Waals surface area contributed by atoms with Crippen molar-refractivity contribution in [1.29, 1.82) is 0 Å². The maximum absolute atomic E-state index is 10.8. The molecule has 100 valence electrons. The Bertz CT molecular complexity index is 200. The molecule has 0 atom stereocenters. The van der Waals surface area contributed by atoms with Crippen molar-refractivity contribution in [3.05, 3.63) is 0 Å². The van der Waals surface area contributed by atoms with Crippen LogP contribution in [0.25, 0.3) is 0 Å². The molecule has 0 heterocycles. The molecule has 17 heavy (non-hydrogen) atoms. The molecule has 0 aliphatic carbocycles. The Labute approximate surface area is 111 Å². The fraction of sp³-hybridized carbons (Fsp3) is 0.818. The number of ether oxygens (including phenoxy) is 2. The second-order valence-corrected chi connectivity index (χ2v) is 5.68. The van der Waals surface area contributed by atoms with Gasteiger partial charge in [0.05, 0.1) is 27.1 Å². The topological polar surface area (TPSA) is 52.6 Å². The van der Waals surface area contributed by atoms with Gasteiger partial charge < -0.3 is 9.47 Å². The number of thioether (sulfide) groups is 2. The molecule has 0 unspecified atom stereocenters. The van der Waals surface area contributed by atoms with Gasteiger partial charge in [-0.15, -0.1) is 0 Å². The van der Waals surface area contributed by atoms with Crippen LogP contribution < -0.4 is 0 Å². The van der Waals surface area contributed by atoms with E-state index in [0.717, 1.165) is 29.4 Å². The molecule has 0 spiro atoms. The van der Waals surface area contributed by atoms with Gasteiger partial charge in [-0.2, -0.15) is 23.5 Å². The maximum atomic E-state index is 10.8. The Morgan fingerprint density at radius 2 is 1.24 bits per heavy atom. The van der Waals surface area contributed by atoms with Crippen LogP contribution in [0.2, 0.25) is 0 Å². The Morgan fingerprint density at radius 3 is 1.59 bits per heavy atom. The van der Waals surface area contributed by atoms with Crippen LogP contribution in [0.5, 0.6) is 0 Å². The van der Waals surface area contributed by atoms with E-state index in [1.165, 1.54) is 14.2 Å². The van der Waals surface area contributed by atoms with E-state index in [9.17, 15) is 9.59 Å². The molecule has 0 rings (SSSR count). The summed E-state index contributed by atoms with van der Waals surface area (Å²) < 4.78 is 9.09. The van der Waals surface area contributed by atoms with Crippen molar-refractivity contribution in [3.8, 4) is 0 Å². The molecule has 0 amide bonds. The molecule has 0 aromatic rings. The first-order chi connectivity index (χ1) is 8.20. The summed E-state index contributed by atoms with van der Waals surface area (Å²) in [6.45, 7) is 0. The molecule has 6 heteroatoms. The minimum absolute atomic E-state index is 0.148. The lowest BCUT2D eigenvalue weighted by atomic mass is 10.5. The minimum atomic E-state index is -0.148. The van der Waals surface area contributed by atoms with Crippen LogP contribution in [-0.4, -0.2) is 49.2 Å². The van der Waals surface area contributed by atoms with Crippen LogP contribution >= 0.6 is 23.5 Å². The molecule has 0 saturated heterocycles. The number of carbonyl (C=O) groups is 2. The van der Waals surface area contributed by atoms with Crippen molar-refractivity contribution in [1.82, 2.24) is 0 Å². The summed E-state index contributed by atoms with van der Waals surface area (Å²) in [4.78, 5) is 21.6. The number of esters is 2. The second-order valence-electron chi connectivity index (χ2n) is 3.23. The predicted octanol–water partition coefficient (Wildman–Crippen LogP) is 1.97. The highest BCUT2D eigenvalue weighted by Crippen LogP contribution is 2.10. The summed E-state index contributed by atoms with van der Waals surface area (Å²) in [5.41, 5.74) is 0. The highest BCUT2D eigenvalue weighted by atomic mass is 32.2. The molecule has 4 nitrogen and oxygen atoms in total. The maximum Gasteiger partial charge on any atom is 0.306 e. The van der Waals surface area contributed by atoms with Gasteiger partial charge in [0.2, 0.25) is 0 Å². The lowest BCUT2D eigenvalue weighted by molar-refractivity contribution is -0.140. The first-order valence-electron chi connectivity index (χ1n) is 5.49. The number of rotatable bonds is 10. The summed E-state index contributed by atoms with van der Waals surface area (Å²) in [5, 5.41) is 0. The molecule has 0 aliphatic heterocycles. The molecule has 0 aliphatic rings. The van der Waals surface area contributed by atoms with Gasteiger partial charge in [0.15, 0.2) is 0 Å². The van der Waals surface area contributed by atoms with E-state index in [0.29, 0.717) is 12.8 Å². The van der Waals surface area contributed by atoms with E-state index in [1.807, 2.05) is 0 Å². The normalized spacial score (nSPS) is 10.0. The van der Waals surface area contributed by atoms with E-state index in [1.54, 1.807) is 23.5 Å². The van der Waals surface area contributed by atoms with E-state index < -0.39 is 0 Å². The highest BCUT2D eigenvalue weighted by Gasteiger charge is 2.00. The second kappa shape index (κ2) is 12.1. The van der Waals surface area contributed by atoms with E-state index >= 15 is 0 Å². The van der Waals surface area contributed by atoms with E-state index in [4.69, 9.17) is 0 Å². The summed E-state index contributed by atoms with van der Waals surface area (Å²) in [7, 11) is 2.82. The average molecular weight is 280 g/mol. The highest BCUT2D eigenvalue weighted by molar-refractivity contribution is 8.00. The van der Waals surface area contributed by atoms with Crippen LogP contribution in [0.15, 0.2) is 0 Å². The molecule has 0 fully saturated rings. The van der Waals surface area contributed by atoms with Gasteiger partial charge in [-0.05, 0) is 17.9 Å². The molecule has 0 saturated carbocycles. The number of carbonyl (C=O) groups excluding carboxylic acids is 2. The molecule has 0 aromatic carbocycles. The van der Waals surface area contributed by atoms with Gasteiger partial charge in [-0.1, -0.05) is 0 Å². The van der Waals surface area contributed by atoms with Crippen LogP contribution in [0.3, 0.4) is 0 Å². The number of hydrogen-bond donors (Lipinski definition) is 0. The van der Waals surface area contributed by atoms with Gasteiger partial charge in [0, 0.05) is 11.5 Å². The zero-order valence-electron chi connectivity index (χ0n) is 10.4. The molecule has 0 N–H and O–H groups in total. The van der Waals surface area contributed by atoms with Crippen LogP contribution in [0, 0.1) is 0 Å². The average Bonchev–Trinajstić information content (AvgIpc) is 2.35. The quantitative estimate of drug-likeness (QED) is 0.450. The van der Waals surface area contributed by atoms with Gasteiger partial charge >= 0.3 is 11.9 Å². The minimum Gasteiger partial charge on any atom is -0.469 e. The predicted molar refractivity (Wildman–Crippen MR) is 72.5 cm³/mol.